The maximum atomic E-state index is 12.9. The molecular weight excluding hydrogens is 245 g/mol. The van der Waals surface area contributed by atoms with Crippen molar-refractivity contribution in [1.82, 2.24) is 5.32 Å². The van der Waals surface area contributed by atoms with E-state index in [2.05, 4.69) is 27.3 Å². The Morgan fingerprint density at radius 3 is 2.93 bits per heavy atom. The predicted octanol–water partition coefficient (Wildman–Crippen LogP) is 3.31. The first kappa shape index (κ1) is 9.71. The molecule has 0 radical (unpaired) electrons. The SMILES string of the molecule is Fc1ccc(C=C2CCCN2)cc1Br. The van der Waals surface area contributed by atoms with E-state index in [1.807, 2.05) is 0 Å². The summed E-state index contributed by atoms with van der Waals surface area (Å²) in [5.74, 6) is -0.216. The quantitative estimate of drug-likeness (QED) is 0.812. The average molecular weight is 256 g/mol. The average Bonchev–Trinajstić information content (AvgIpc) is 2.64. The molecule has 2 rings (SSSR count). The summed E-state index contributed by atoms with van der Waals surface area (Å²) in [6.45, 7) is 1.05. The summed E-state index contributed by atoms with van der Waals surface area (Å²) in [6.07, 6.45) is 4.35. The Morgan fingerprint density at radius 2 is 2.29 bits per heavy atom. The van der Waals surface area contributed by atoms with Crippen LogP contribution in [0.5, 0.6) is 0 Å². The highest BCUT2D eigenvalue weighted by molar-refractivity contribution is 9.10. The molecule has 1 nitrogen and oxygen atoms in total. The van der Waals surface area contributed by atoms with Crippen LogP contribution in [0.4, 0.5) is 4.39 Å². The normalized spacial score (nSPS) is 18.6. The second-order valence-electron chi connectivity index (χ2n) is 3.37. The first-order valence-corrected chi connectivity index (χ1v) is 5.44. The molecule has 74 valence electrons. The molecular formula is C11H11BrFN. The van der Waals surface area contributed by atoms with Crippen molar-refractivity contribution in [3.63, 3.8) is 0 Å². The maximum Gasteiger partial charge on any atom is 0.137 e. The molecule has 0 aromatic heterocycles. The van der Waals surface area contributed by atoms with Crippen LogP contribution in [0.15, 0.2) is 28.4 Å². The van der Waals surface area contributed by atoms with Crippen LogP contribution in [0.1, 0.15) is 18.4 Å². The van der Waals surface area contributed by atoms with E-state index in [-0.39, 0.29) is 5.82 Å². The van der Waals surface area contributed by atoms with Crippen LogP contribution in [0.25, 0.3) is 6.08 Å². The van der Waals surface area contributed by atoms with Gasteiger partial charge in [-0.1, -0.05) is 6.07 Å². The van der Waals surface area contributed by atoms with E-state index in [1.54, 1.807) is 12.1 Å². The number of hydrogen-bond donors (Lipinski definition) is 1. The second-order valence-corrected chi connectivity index (χ2v) is 4.23. The lowest BCUT2D eigenvalue weighted by Crippen LogP contribution is -2.02. The van der Waals surface area contributed by atoms with Crippen LogP contribution in [0, 0.1) is 5.82 Å². The van der Waals surface area contributed by atoms with Gasteiger partial charge in [0.05, 0.1) is 4.47 Å². The minimum absolute atomic E-state index is 0.216. The Hall–Kier alpha value is -0.830. The molecule has 1 aliphatic rings. The van der Waals surface area contributed by atoms with Crippen molar-refractivity contribution < 1.29 is 4.39 Å². The molecule has 0 aliphatic carbocycles. The van der Waals surface area contributed by atoms with Crippen LogP contribution in [-0.4, -0.2) is 6.54 Å². The number of halogens is 2. The zero-order chi connectivity index (χ0) is 9.97. The van der Waals surface area contributed by atoms with Crippen LogP contribution < -0.4 is 5.32 Å². The van der Waals surface area contributed by atoms with Gasteiger partial charge in [-0.15, -0.1) is 0 Å². The Labute approximate surface area is 91.1 Å². The third-order valence-corrected chi connectivity index (χ3v) is 2.87. The highest BCUT2D eigenvalue weighted by atomic mass is 79.9. The van der Waals surface area contributed by atoms with E-state index >= 15 is 0 Å². The monoisotopic (exact) mass is 255 g/mol. The third-order valence-electron chi connectivity index (χ3n) is 2.26. The molecule has 1 aliphatic heterocycles. The molecule has 3 heteroatoms. The fourth-order valence-electron chi connectivity index (χ4n) is 1.54. The van der Waals surface area contributed by atoms with Crippen molar-refractivity contribution in [2.75, 3.05) is 6.54 Å². The highest BCUT2D eigenvalue weighted by Gasteiger charge is 2.05. The summed E-state index contributed by atoms with van der Waals surface area (Å²) < 4.78 is 13.4. The lowest BCUT2D eigenvalue weighted by atomic mass is 10.2. The van der Waals surface area contributed by atoms with Gasteiger partial charge >= 0.3 is 0 Å². The summed E-state index contributed by atoms with van der Waals surface area (Å²) in [6, 6.07) is 5.06. The Bertz CT molecular complexity index is 366. The van der Waals surface area contributed by atoms with E-state index in [9.17, 15) is 4.39 Å². The van der Waals surface area contributed by atoms with Crippen LogP contribution in [0.2, 0.25) is 0 Å². The molecule has 1 aromatic rings. The smallest absolute Gasteiger partial charge is 0.137 e. The predicted molar refractivity (Wildman–Crippen MR) is 59.3 cm³/mol. The largest absolute Gasteiger partial charge is 0.388 e. The van der Waals surface area contributed by atoms with Gasteiger partial charge in [-0.25, -0.2) is 4.39 Å². The molecule has 0 atom stereocenters. The summed E-state index contributed by atoms with van der Waals surface area (Å²) in [5, 5.41) is 3.29. The van der Waals surface area contributed by atoms with Gasteiger partial charge in [0.2, 0.25) is 0 Å². The zero-order valence-corrected chi connectivity index (χ0v) is 9.27. The second kappa shape index (κ2) is 4.13. The molecule has 1 fully saturated rings. The van der Waals surface area contributed by atoms with Crippen molar-refractivity contribution >= 4 is 22.0 Å². The van der Waals surface area contributed by atoms with Crippen molar-refractivity contribution in [2.45, 2.75) is 12.8 Å². The summed E-state index contributed by atoms with van der Waals surface area (Å²) in [7, 11) is 0. The molecule has 1 heterocycles. The summed E-state index contributed by atoms with van der Waals surface area (Å²) >= 11 is 3.17. The van der Waals surface area contributed by atoms with Gasteiger partial charge in [0, 0.05) is 12.2 Å². The Balaban J connectivity index is 2.24. The van der Waals surface area contributed by atoms with Crippen LogP contribution in [-0.2, 0) is 0 Å². The van der Waals surface area contributed by atoms with E-state index in [1.165, 1.54) is 18.2 Å². The fourth-order valence-corrected chi connectivity index (χ4v) is 1.94. The van der Waals surface area contributed by atoms with Crippen LogP contribution >= 0.6 is 15.9 Å². The topological polar surface area (TPSA) is 12.0 Å². The number of rotatable bonds is 1. The van der Waals surface area contributed by atoms with Gasteiger partial charge < -0.3 is 5.32 Å². The highest BCUT2D eigenvalue weighted by Crippen LogP contribution is 2.20. The maximum absolute atomic E-state index is 12.9. The first-order chi connectivity index (χ1) is 6.75. The Kier molecular flexibility index (Phi) is 2.87. The first-order valence-electron chi connectivity index (χ1n) is 4.65. The molecule has 0 spiro atoms. The van der Waals surface area contributed by atoms with Gasteiger partial charge in [-0.05, 0) is 52.5 Å². The van der Waals surface area contributed by atoms with Gasteiger partial charge in [0.25, 0.3) is 0 Å². The fraction of sp³-hybridized carbons (Fsp3) is 0.273. The van der Waals surface area contributed by atoms with Gasteiger partial charge in [0.1, 0.15) is 5.82 Å². The molecule has 1 N–H and O–H groups in total. The van der Waals surface area contributed by atoms with Gasteiger partial charge in [-0.2, -0.15) is 0 Å². The number of hydrogen-bond acceptors (Lipinski definition) is 1. The molecule has 0 amide bonds. The zero-order valence-electron chi connectivity index (χ0n) is 7.69. The molecule has 14 heavy (non-hydrogen) atoms. The van der Waals surface area contributed by atoms with Gasteiger partial charge in [-0.3, -0.25) is 0 Å². The Morgan fingerprint density at radius 1 is 1.43 bits per heavy atom. The molecule has 0 saturated carbocycles. The molecule has 1 aromatic carbocycles. The van der Waals surface area contributed by atoms with Crippen molar-refractivity contribution in [3.8, 4) is 0 Å². The molecule has 0 unspecified atom stereocenters. The molecule has 0 bridgehead atoms. The standard InChI is InChI=1S/C11H11BrFN/c12-10-7-8(3-4-11(10)13)6-9-2-1-5-14-9/h3-4,6-7,14H,1-2,5H2. The van der Waals surface area contributed by atoms with Crippen molar-refractivity contribution in [2.24, 2.45) is 0 Å². The lowest BCUT2D eigenvalue weighted by molar-refractivity contribution is 0.621. The van der Waals surface area contributed by atoms with E-state index in [0.717, 1.165) is 18.5 Å². The van der Waals surface area contributed by atoms with E-state index in [0.29, 0.717) is 4.47 Å². The lowest BCUT2D eigenvalue weighted by Gasteiger charge is -2.00. The number of allylic oxidation sites excluding steroid dienone is 1. The number of nitrogens with one attached hydrogen (secondary N) is 1. The minimum Gasteiger partial charge on any atom is -0.388 e. The summed E-state index contributed by atoms with van der Waals surface area (Å²) in [4.78, 5) is 0. The van der Waals surface area contributed by atoms with E-state index < -0.39 is 0 Å². The van der Waals surface area contributed by atoms with E-state index in [4.69, 9.17) is 0 Å². The van der Waals surface area contributed by atoms with Crippen molar-refractivity contribution in [1.29, 1.82) is 0 Å². The van der Waals surface area contributed by atoms with Crippen LogP contribution in [0.3, 0.4) is 0 Å². The van der Waals surface area contributed by atoms with Gasteiger partial charge in [0.15, 0.2) is 0 Å². The number of benzene rings is 1. The minimum atomic E-state index is -0.216. The summed E-state index contributed by atoms with van der Waals surface area (Å²) in [5.41, 5.74) is 2.27. The molecule has 1 saturated heterocycles. The third kappa shape index (κ3) is 2.15. The van der Waals surface area contributed by atoms with Crippen molar-refractivity contribution in [3.05, 3.63) is 39.7 Å².